The summed E-state index contributed by atoms with van der Waals surface area (Å²) in [6, 6.07) is 0. The van der Waals surface area contributed by atoms with Crippen molar-refractivity contribution in [3.63, 3.8) is 0 Å². The van der Waals surface area contributed by atoms with Gasteiger partial charge >= 0.3 is 0 Å². The fourth-order valence-electron chi connectivity index (χ4n) is 2.65. The van der Waals surface area contributed by atoms with Crippen molar-refractivity contribution in [2.24, 2.45) is 0 Å². The maximum atomic E-state index is 12.6. The molecule has 128 valence electrons. The highest BCUT2D eigenvalue weighted by Gasteiger charge is 2.25. The number of hydrogen-bond donors (Lipinski definition) is 1. The van der Waals surface area contributed by atoms with Crippen LogP contribution in [0.1, 0.15) is 43.6 Å². The summed E-state index contributed by atoms with van der Waals surface area (Å²) in [7, 11) is 0. The molecule has 6 heteroatoms. The summed E-state index contributed by atoms with van der Waals surface area (Å²) < 4.78 is 1.50. The lowest BCUT2D eigenvalue weighted by Crippen LogP contribution is -2.46. The van der Waals surface area contributed by atoms with Crippen LogP contribution in [0, 0.1) is 26.2 Å². The molecule has 2 rings (SSSR count). The zero-order valence-electron chi connectivity index (χ0n) is 14.6. The Morgan fingerprint density at radius 1 is 1.42 bits per heavy atom. The van der Waals surface area contributed by atoms with Gasteiger partial charge in [0.05, 0.1) is 11.7 Å². The molecule has 0 fully saturated rings. The van der Waals surface area contributed by atoms with E-state index in [0.29, 0.717) is 18.2 Å². The monoisotopic (exact) mass is 345 g/mol. The van der Waals surface area contributed by atoms with Crippen molar-refractivity contribution in [1.82, 2.24) is 14.9 Å². The Bertz CT molecular complexity index is 853. The summed E-state index contributed by atoms with van der Waals surface area (Å²) >= 11 is 1.52. The third-order valence-corrected chi connectivity index (χ3v) is 5.71. The van der Waals surface area contributed by atoms with Crippen LogP contribution in [0.2, 0.25) is 0 Å². The molecule has 0 aromatic carbocycles. The van der Waals surface area contributed by atoms with Crippen LogP contribution in [0.3, 0.4) is 0 Å². The van der Waals surface area contributed by atoms with Gasteiger partial charge in [-0.15, -0.1) is 17.8 Å². The molecule has 0 bridgehead atoms. The average Bonchev–Trinajstić information content (AvgIpc) is 2.87. The number of terminal acetylenes is 1. The molecule has 1 N–H and O–H groups in total. The molecule has 24 heavy (non-hydrogen) atoms. The Hall–Kier alpha value is -2.13. The molecular formula is C18H23N3O2S. The van der Waals surface area contributed by atoms with Gasteiger partial charge in [0.15, 0.2) is 0 Å². The Kier molecular flexibility index (Phi) is 5.45. The number of carbonyl (C=O) groups excluding carboxylic acids is 1. The molecule has 0 aliphatic carbocycles. The van der Waals surface area contributed by atoms with Crippen molar-refractivity contribution < 1.29 is 4.79 Å². The summed E-state index contributed by atoms with van der Waals surface area (Å²) in [6.45, 7) is 8.10. The average molecular weight is 345 g/mol. The van der Waals surface area contributed by atoms with Crippen LogP contribution in [0.25, 0.3) is 10.2 Å². The van der Waals surface area contributed by atoms with E-state index in [1.807, 2.05) is 27.7 Å². The van der Waals surface area contributed by atoms with Gasteiger partial charge in [0.25, 0.3) is 5.56 Å². The van der Waals surface area contributed by atoms with Crippen molar-refractivity contribution in [1.29, 1.82) is 0 Å². The van der Waals surface area contributed by atoms with Crippen LogP contribution < -0.4 is 10.9 Å². The number of nitrogens with zero attached hydrogens (tertiary/aromatic N) is 2. The normalized spacial score (nSPS) is 11.5. The van der Waals surface area contributed by atoms with Gasteiger partial charge in [0, 0.05) is 17.8 Å². The van der Waals surface area contributed by atoms with Crippen LogP contribution in [0.15, 0.2) is 11.1 Å². The Balaban J connectivity index is 2.15. The van der Waals surface area contributed by atoms with E-state index in [4.69, 9.17) is 6.42 Å². The molecule has 2 aromatic heterocycles. The quantitative estimate of drug-likeness (QED) is 0.819. The molecule has 0 saturated carbocycles. The zero-order valence-corrected chi connectivity index (χ0v) is 15.4. The largest absolute Gasteiger partial charge is 0.340 e. The first-order chi connectivity index (χ1) is 11.4. The predicted molar refractivity (Wildman–Crippen MR) is 98.3 cm³/mol. The molecule has 0 radical (unpaired) electrons. The minimum absolute atomic E-state index is 0.0937. The summed E-state index contributed by atoms with van der Waals surface area (Å²) in [6.07, 6.45) is 8.62. The van der Waals surface area contributed by atoms with Gasteiger partial charge in [-0.3, -0.25) is 14.2 Å². The molecular weight excluding hydrogens is 322 g/mol. The zero-order chi connectivity index (χ0) is 17.9. The number of nitrogens with one attached hydrogen (secondary N) is 1. The number of hydrogen-bond acceptors (Lipinski definition) is 4. The molecule has 0 saturated heterocycles. The second-order valence-electron chi connectivity index (χ2n) is 5.94. The first-order valence-electron chi connectivity index (χ1n) is 8.11. The van der Waals surface area contributed by atoms with Gasteiger partial charge in [0.2, 0.25) is 5.91 Å². The first kappa shape index (κ1) is 18.2. The maximum absolute atomic E-state index is 12.6. The van der Waals surface area contributed by atoms with Crippen molar-refractivity contribution in [3.05, 3.63) is 27.1 Å². The van der Waals surface area contributed by atoms with Crippen LogP contribution >= 0.6 is 11.3 Å². The van der Waals surface area contributed by atoms with Crippen molar-refractivity contribution in [3.8, 4) is 12.3 Å². The topological polar surface area (TPSA) is 64.0 Å². The number of thiophene rings is 1. The van der Waals surface area contributed by atoms with Crippen LogP contribution in [-0.2, 0) is 11.3 Å². The van der Waals surface area contributed by atoms with E-state index in [1.165, 1.54) is 22.2 Å². The first-order valence-corrected chi connectivity index (χ1v) is 8.93. The van der Waals surface area contributed by atoms with E-state index in [0.717, 1.165) is 15.3 Å². The lowest BCUT2D eigenvalue weighted by atomic mass is 9.94. The third kappa shape index (κ3) is 3.36. The summed E-state index contributed by atoms with van der Waals surface area (Å²) in [5.41, 5.74) is 0.268. The van der Waals surface area contributed by atoms with E-state index in [-0.39, 0.29) is 24.4 Å². The minimum Gasteiger partial charge on any atom is -0.340 e. The number of aromatic nitrogens is 2. The Labute approximate surface area is 146 Å². The number of fused-ring (bicyclic) bond motifs is 1. The van der Waals surface area contributed by atoms with Gasteiger partial charge < -0.3 is 5.32 Å². The highest BCUT2D eigenvalue weighted by atomic mass is 32.1. The highest BCUT2D eigenvalue weighted by molar-refractivity contribution is 7.18. The second-order valence-corrected chi connectivity index (χ2v) is 7.14. The number of amides is 1. The van der Waals surface area contributed by atoms with Crippen molar-refractivity contribution in [2.45, 2.75) is 59.0 Å². The van der Waals surface area contributed by atoms with E-state index in [9.17, 15) is 9.59 Å². The number of carbonyl (C=O) groups is 1. The third-order valence-electron chi connectivity index (χ3n) is 4.60. The lowest BCUT2D eigenvalue weighted by Gasteiger charge is -2.27. The number of rotatable bonds is 6. The SMILES string of the molecule is C#CC(CC)(CC)NC(=O)CCn1cnc2sc(C)c(C)c2c1=O. The van der Waals surface area contributed by atoms with E-state index >= 15 is 0 Å². The van der Waals surface area contributed by atoms with Gasteiger partial charge in [-0.1, -0.05) is 19.8 Å². The minimum atomic E-state index is -0.606. The van der Waals surface area contributed by atoms with Crippen molar-refractivity contribution >= 4 is 27.5 Å². The molecule has 0 spiro atoms. The molecule has 5 nitrogen and oxygen atoms in total. The molecule has 0 unspecified atom stereocenters. The van der Waals surface area contributed by atoms with Crippen molar-refractivity contribution in [2.75, 3.05) is 0 Å². The van der Waals surface area contributed by atoms with Gasteiger partial charge in [0.1, 0.15) is 10.4 Å². The summed E-state index contributed by atoms with van der Waals surface area (Å²) in [5, 5.41) is 3.57. The van der Waals surface area contributed by atoms with Crippen LogP contribution in [0.4, 0.5) is 0 Å². The molecule has 0 aliphatic rings. The standard InChI is InChI=1S/C18H23N3O2S/c1-6-18(7-2,8-3)20-14(22)9-10-21-11-19-16-15(17(21)23)12(4)13(5)24-16/h1,11H,7-10H2,2-5H3,(H,20,22). The predicted octanol–water partition coefficient (Wildman–Crippen LogP) is 2.77. The van der Waals surface area contributed by atoms with Crippen LogP contribution in [-0.4, -0.2) is 21.0 Å². The van der Waals surface area contributed by atoms with E-state index in [1.54, 1.807) is 0 Å². The lowest BCUT2D eigenvalue weighted by molar-refractivity contribution is -0.122. The van der Waals surface area contributed by atoms with E-state index < -0.39 is 5.54 Å². The smallest absolute Gasteiger partial charge is 0.262 e. The van der Waals surface area contributed by atoms with Gasteiger partial charge in [-0.2, -0.15) is 0 Å². The Morgan fingerprint density at radius 2 is 2.08 bits per heavy atom. The summed E-state index contributed by atoms with van der Waals surface area (Å²) in [4.78, 5) is 31.0. The maximum Gasteiger partial charge on any atom is 0.262 e. The number of aryl methyl sites for hydroxylation is 3. The van der Waals surface area contributed by atoms with Gasteiger partial charge in [-0.25, -0.2) is 4.98 Å². The Morgan fingerprint density at radius 3 is 2.67 bits per heavy atom. The highest BCUT2D eigenvalue weighted by Crippen LogP contribution is 2.25. The second kappa shape index (κ2) is 7.18. The fraction of sp³-hybridized carbons (Fsp3) is 0.500. The van der Waals surface area contributed by atoms with Gasteiger partial charge in [-0.05, 0) is 32.3 Å². The molecule has 2 aromatic rings. The molecule has 0 atom stereocenters. The van der Waals surface area contributed by atoms with E-state index in [2.05, 4.69) is 16.2 Å². The van der Waals surface area contributed by atoms with Crippen LogP contribution in [0.5, 0.6) is 0 Å². The summed E-state index contributed by atoms with van der Waals surface area (Å²) in [5.74, 6) is 2.53. The molecule has 0 aliphatic heterocycles. The molecule has 2 heterocycles. The molecule has 1 amide bonds. The fourth-order valence-corrected chi connectivity index (χ4v) is 3.64.